The molecule has 0 spiro atoms. The molecular formula is C25H30ClN5O6S2. The third kappa shape index (κ3) is 5.31. The Bertz CT molecular complexity index is 1530. The zero-order chi connectivity index (χ0) is 28.1. The first-order chi connectivity index (χ1) is 18.5. The molecule has 5 rings (SSSR count). The van der Waals surface area contributed by atoms with Gasteiger partial charge in [-0.3, -0.25) is 14.5 Å². The number of aliphatic hydroxyl groups excluding tert-OH is 1. The summed E-state index contributed by atoms with van der Waals surface area (Å²) in [5, 5.41) is 11.1. The smallest absolute Gasteiger partial charge is 0.310 e. The van der Waals surface area contributed by atoms with Crippen molar-refractivity contribution in [3.8, 4) is 0 Å². The highest BCUT2D eigenvalue weighted by Crippen LogP contribution is 2.38. The second kappa shape index (κ2) is 10.8. The van der Waals surface area contributed by atoms with E-state index in [0.29, 0.717) is 39.4 Å². The third-order valence-corrected chi connectivity index (χ3v) is 11.0. The van der Waals surface area contributed by atoms with Gasteiger partial charge < -0.3 is 19.3 Å². The highest BCUT2D eigenvalue weighted by atomic mass is 35.5. The molecule has 210 valence electrons. The second-order valence-electron chi connectivity index (χ2n) is 10.1. The molecule has 0 saturated carbocycles. The lowest BCUT2D eigenvalue weighted by molar-refractivity contribution is -0.130. The van der Waals surface area contributed by atoms with Gasteiger partial charge in [0.1, 0.15) is 9.97 Å². The molecule has 1 unspecified atom stereocenters. The van der Waals surface area contributed by atoms with E-state index < -0.39 is 28.6 Å². The van der Waals surface area contributed by atoms with Crippen molar-refractivity contribution in [1.82, 2.24) is 24.0 Å². The average molecular weight is 596 g/mol. The van der Waals surface area contributed by atoms with E-state index in [9.17, 15) is 23.1 Å². The van der Waals surface area contributed by atoms with Crippen LogP contribution in [0, 0.1) is 0 Å². The summed E-state index contributed by atoms with van der Waals surface area (Å²) < 4.78 is 35.5. The van der Waals surface area contributed by atoms with Gasteiger partial charge in [0.2, 0.25) is 5.91 Å². The van der Waals surface area contributed by atoms with E-state index >= 15 is 0 Å². The summed E-state index contributed by atoms with van der Waals surface area (Å²) in [6.45, 7) is 0.893. The number of sulfonamides is 1. The Morgan fingerprint density at radius 1 is 1.26 bits per heavy atom. The van der Waals surface area contributed by atoms with Crippen LogP contribution in [-0.4, -0.2) is 103 Å². The number of aliphatic hydroxyl groups is 1. The number of carbonyl (C=O) groups is 2. The van der Waals surface area contributed by atoms with Gasteiger partial charge in [-0.1, -0.05) is 17.7 Å². The SMILES string of the molecule is CN1CCc2nc(C(=O)N3CCN(S(=O)(=O)c4sc5cc(Cl)ccc5c4CO)CC3CC(=O)N(C)C)oc2C1. The highest BCUT2D eigenvalue weighted by molar-refractivity contribution is 7.91. The maximum atomic E-state index is 13.9. The van der Waals surface area contributed by atoms with Crippen LogP contribution in [0.1, 0.15) is 34.1 Å². The predicted molar refractivity (Wildman–Crippen MR) is 146 cm³/mol. The molecular weight excluding hydrogens is 566 g/mol. The predicted octanol–water partition coefficient (Wildman–Crippen LogP) is 2.02. The number of amides is 2. The third-order valence-electron chi connectivity index (χ3n) is 7.17. The summed E-state index contributed by atoms with van der Waals surface area (Å²) in [4.78, 5) is 35.7. The number of halogens is 1. The monoisotopic (exact) mass is 595 g/mol. The van der Waals surface area contributed by atoms with Crippen LogP contribution in [-0.2, 0) is 34.4 Å². The lowest BCUT2D eigenvalue weighted by Gasteiger charge is -2.40. The highest BCUT2D eigenvalue weighted by Gasteiger charge is 2.41. The van der Waals surface area contributed by atoms with Crippen molar-refractivity contribution >= 4 is 54.9 Å². The molecule has 11 nitrogen and oxygen atoms in total. The van der Waals surface area contributed by atoms with Crippen molar-refractivity contribution in [2.75, 3.05) is 47.3 Å². The van der Waals surface area contributed by atoms with Crippen molar-refractivity contribution in [3.63, 3.8) is 0 Å². The first kappa shape index (κ1) is 28.0. The van der Waals surface area contributed by atoms with Crippen LogP contribution in [0.4, 0.5) is 0 Å². The minimum atomic E-state index is -4.05. The normalized spacial score (nSPS) is 18.9. The summed E-state index contributed by atoms with van der Waals surface area (Å²) in [6.07, 6.45) is 0.605. The Hall–Kier alpha value is -2.55. The summed E-state index contributed by atoms with van der Waals surface area (Å²) >= 11 is 7.16. The van der Waals surface area contributed by atoms with Crippen LogP contribution in [0.15, 0.2) is 26.8 Å². The molecule has 39 heavy (non-hydrogen) atoms. The number of likely N-dealkylation sites (N-methyl/N-ethyl adjacent to an activating group) is 1. The number of nitrogens with zero attached hydrogens (tertiary/aromatic N) is 5. The fraction of sp³-hybridized carbons (Fsp3) is 0.480. The van der Waals surface area contributed by atoms with Gasteiger partial charge in [-0.25, -0.2) is 13.4 Å². The van der Waals surface area contributed by atoms with Gasteiger partial charge in [0.25, 0.3) is 15.9 Å². The number of rotatable bonds is 6. The van der Waals surface area contributed by atoms with Crippen molar-refractivity contribution in [1.29, 1.82) is 0 Å². The molecule has 2 aliphatic heterocycles. The molecule has 14 heteroatoms. The first-order valence-electron chi connectivity index (χ1n) is 12.5. The minimum Gasteiger partial charge on any atom is -0.436 e. The quantitative estimate of drug-likeness (QED) is 0.458. The summed E-state index contributed by atoms with van der Waals surface area (Å²) in [7, 11) is 1.13. The molecule has 2 amide bonds. The van der Waals surface area contributed by atoms with E-state index in [4.69, 9.17) is 16.0 Å². The van der Waals surface area contributed by atoms with Crippen molar-refractivity contribution in [3.05, 3.63) is 46.1 Å². The molecule has 2 aromatic heterocycles. The molecule has 1 aromatic carbocycles. The number of piperazine rings is 1. The van der Waals surface area contributed by atoms with E-state index in [1.54, 1.807) is 32.3 Å². The van der Waals surface area contributed by atoms with Gasteiger partial charge in [0.15, 0.2) is 0 Å². The number of aromatic nitrogens is 1. The number of oxazole rings is 1. The fourth-order valence-electron chi connectivity index (χ4n) is 4.99. The second-order valence-corrected chi connectivity index (χ2v) is 13.7. The summed E-state index contributed by atoms with van der Waals surface area (Å²) in [5.41, 5.74) is 1.06. The molecule has 3 aromatic rings. The number of hydrogen-bond donors (Lipinski definition) is 1. The maximum absolute atomic E-state index is 13.9. The van der Waals surface area contributed by atoms with Crippen LogP contribution in [0.25, 0.3) is 10.1 Å². The minimum absolute atomic E-state index is 0.0176. The fourth-order valence-corrected chi connectivity index (χ4v) is 8.62. The van der Waals surface area contributed by atoms with Gasteiger partial charge >= 0.3 is 5.91 Å². The maximum Gasteiger partial charge on any atom is 0.310 e. The summed E-state index contributed by atoms with van der Waals surface area (Å²) in [6, 6.07) is 4.28. The number of benzene rings is 1. The number of fused-ring (bicyclic) bond motifs is 2. The van der Waals surface area contributed by atoms with Crippen molar-refractivity contribution in [2.24, 2.45) is 0 Å². The molecule has 4 heterocycles. The van der Waals surface area contributed by atoms with Gasteiger partial charge in [0.05, 0.1) is 24.9 Å². The largest absolute Gasteiger partial charge is 0.436 e. The van der Waals surface area contributed by atoms with E-state index in [-0.39, 0.29) is 42.1 Å². The van der Waals surface area contributed by atoms with Gasteiger partial charge in [-0.15, -0.1) is 11.3 Å². The lowest BCUT2D eigenvalue weighted by atomic mass is 10.1. The van der Waals surface area contributed by atoms with E-state index in [2.05, 4.69) is 9.88 Å². The van der Waals surface area contributed by atoms with E-state index in [0.717, 1.165) is 23.6 Å². The molecule has 0 aliphatic carbocycles. The Labute approximate surface area is 235 Å². The lowest BCUT2D eigenvalue weighted by Crippen LogP contribution is -2.57. The molecule has 1 fully saturated rings. The zero-order valence-corrected chi connectivity index (χ0v) is 24.3. The van der Waals surface area contributed by atoms with Crippen LogP contribution >= 0.6 is 22.9 Å². The number of carbonyl (C=O) groups excluding carboxylic acids is 2. The Balaban J connectivity index is 1.45. The van der Waals surface area contributed by atoms with E-state index in [1.165, 1.54) is 14.1 Å². The Kier molecular flexibility index (Phi) is 7.74. The first-order valence-corrected chi connectivity index (χ1v) is 15.1. The van der Waals surface area contributed by atoms with Crippen LogP contribution in [0.5, 0.6) is 0 Å². The van der Waals surface area contributed by atoms with Gasteiger partial charge in [-0.05, 0) is 24.6 Å². The average Bonchev–Trinajstić information content (AvgIpc) is 3.49. The molecule has 1 atom stereocenters. The number of hydrogen-bond acceptors (Lipinski definition) is 9. The van der Waals surface area contributed by atoms with Gasteiger partial charge in [0, 0.05) is 68.4 Å². The van der Waals surface area contributed by atoms with Crippen LogP contribution in [0.3, 0.4) is 0 Å². The van der Waals surface area contributed by atoms with E-state index in [1.807, 2.05) is 7.05 Å². The topological polar surface area (TPSA) is 128 Å². The standard InChI is InChI=1S/C25H30ClN5O6S2/c1-28(2)22(33)11-16-12-30(39(35,36)25-18(14-32)17-5-4-15(26)10-21(17)38-25)8-9-31(16)24(34)23-27-19-6-7-29(3)13-20(19)37-23/h4-5,10,16,32H,6-9,11-14H2,1-3H3. The van der Waals surface area contributed by atoms with Crippen molar-refractivity contribution in [2.45, 2.75) is 36.2 Å². The Morgan fingerprint density at radius 3 is 2.74 bits per heavy atom. The molecule has 2 aliphatic rings. The van der Waals surface area contributed by atoms with Gasteiger partial charge in [-0.2, -0.15) is 4.31 Å². The summed E-state index contributed by atoms with van der Waals surface area (Å²) in [5.74, 6) is -0.0976. The van der Waals surface area contributed by atoms with Crippen LogP contribution in [0.2, 0.25) is 5.02 Å². The molecule has 1 N–H and O–H groups in total. The molecule has 1 saturated heterocycles. The van der Waals surface area contributed by atoms with Crippen LogP contribution < -0.4 is 0 Å². The molecule has 0 bridgehead atoms. The Morgan fingerprint density at radius 2 is 2.03 bits per heavy atom. The molecule has 0 radical (unpaired) electrons. The zero-order valence-electron chi connectivity index (χ0n) is 21.9. The van der Waals surface area contributed by atoms with Crippen molar-refractivity contribution < 1.29 is 27.5 Å². The number of thiophene rings is 1.